The second-order valence-electron chi connectivity index (χ2n) is 3.57. The minimum absolute atomic E-state index is 0.364. The molecule has 1 aromatic rings. The lowest BCUT2D eigenvalue weighted by molar-refractivity contribution is -0.00925. The van der Waals surface area contributed by atoms with E-state index in [1.165, 1.54) is 5.56 Å². The van der Waals surface area contributed by atoms with Gasteiger partial charge in [0, 0.05) is 24.8 Å². The highest BCUT2D eigenvalue weighted by molar-refractivity contribution is 5.09. The minimum atomic E-state index is 0.364. The normalized spacial score (nSPS) is 19.8. The first-order valence-corrected chi connectivity index (χ1v) is 4.58. The molecule has 13 heavy (non-hydrogen) atoms. The van der Waals surface area contributed by atoms with E-state index >= 15 is 0 Å². The second kappa shape index (κ2) is 3.47. The Kier molecular flexibility index (Phi) is 2.33. The molecule has 1 fully saturated rings. The molecule has 2 heterocycles. The van der Waals surface area contributed by atoms with Gasteiger partial charge in [-0.1, -0.05) is 0 Å². The van der Waals surface area contributed by atoms with E-state index in [-0.39, 0.29) is 0 Å². The van der Waals surface area contributed by atoms with Crippen molar-refractivity contribution in [2.75, 3.05) is 13.2 Å². The summed E-state index contributed by atoms with van der Waals surface area (Å²) in [6.07, 6.45) is 3.94. The van der Waals surface area contributed by atoms with Crippen LogP contribution in [0.25, 0.3) is 0 Å². The highest BCUT2D eigenvalue weighted by Crippen LogP contribution is 2.13. The highest BCUT2D eigenvalue weighted by Gasteiger charge is 2.20. The van der Waals surface area contributed by atoms with Crippen LogP contribution in [0.2, 0.25) is 0 Å². The van der Waals surface area contributed by atoms with Gasteiger partial charge >= 0.3 is 0 Å². The lowest BCUT2D eigenvalue weighted by Crippen LogP contribution is -2.46. The predicted molar refractivity (Wildman–Crippen MR) is 49.4 cm³/mol. The van der Waals surface area contributed by atoms with Crippen molar-refractivity contribution in [2.24, 2.45) is 7.05 Å². The van der Waals surface area contributed by atoms with Crippen molar-refractivity contribution in [1.29, 1.82) is 0 Å². The number of aromatic nitrogens is 2. The summed E-state index contributed by atoms with van der Waals surface area (Å²) in [5, 5.41) is 7.60. The number of nitrogens with zero attached hydrogens (tertiary/aromatic N) is 2. The Morgan fingerprint density at radius 2 is 2.46 bits per heavy atom. The Labute approximate surface area is 77.9 Å². The summed E-state index contributed by atoms with van der Waals surface area (Å²) < 4.78 is 6.92. The molecule has 2 rings (SSSR count). The van der Waals surface area contributed by atoms with Gasteiger partial charge in [-0.2, -0.15) is 5.10 Å². The molecule has 4 nitrogen and oxygen atoms in total. The summed E-state index contributed by atoms with van der Waals surface area (Å²) in [6.45, 7) is 3.82. The molecule has 1 aliphatic rings. The van der Waals surface area contributed by atoms with Gasteiger partial charge in [0.2, 0.25) is 0 Å². The third-order valence-electron chi connectivity index (χ3n) is 2.35. The quantitative estimate of drug-likeness (QED) is 0.736. The van der Waals surface area contributed by atoms with Crippen LogP contribution in [-0.4, -0.2) is 29.0 Å². The zero-order valence-corrected chi connectivity index (χ0v) is 8.03. The molecule has 0 saturated carbocycles. The number of hydrogen-bond acceptors (Lipinski definition) is 3. The van der Waals surface area contributed by atoms with Crippen LogP contribution in [0.3, 0.4) is 0 Å². The minimum Gasteiger partial charge on any atom is -0.378 e. The molecule has 1 aliphatic heterocycles. The van der Waals surface area contributed by atoms with Crippen LogP contribution < -0.4 is 5.32 Å². The summed E-state index contributed by atoms with van der Waals surface area (Å²) >= 11 is 0. The molecule has 0 amide bonds. The lowest BCUT2D eigenvalue weighted by Gasteiger charge is -2.29. The number of aryl methyl sites for hydroxylation is 1. The van der Waals surface area contributed by atoms with Crippen molar-refractivity contribution < 1.29 is 4.74 Å². The van der Waals surface area contributed by atoms with Gasteiger partial charge < -0.3 is 10.1 Å². The molecule has 0 aromatic carbocycles. The average Bonchev–Trinajstić information content (AvgIpc) is 2.44. The van der Waals surface area contributed by atoms with Crippen molar-refractivity contribution in [3.05, 3.63) is 18.0 Å². The molecule has 4 heteroatoms. The topological polar surface area (TPSA) is 39.1 Å². The molecule has 0 bridgehead atoms. The Bertz CT molecular complexity index is 280. The van der Waals surface area contributed by atoms with Gasteiger partial charge in [0.25, 0.3) is 0 Å². The van der Waals surface area contributed by atoms with Gasteiger partial charge in [-0.25, -0.2) is 0 Å². The third kappa shape index (κ3) is 1.89. The zero-order valence-electron chi connectivity index (χ0n) is 8.03. The number of nitrogens with one attached hydrogen (secondary N) is 1. The van der Waals surface area contributed by atoms with Crippen LogP contribution in [0.4, 0.5) is 0 Å². The van der Waals surface area contributed by atoms with Crippen LogP contribution in [0.1, 0.15) is 18.5 Å². The van der Waals surface area contributed by atoms with E-state index in [2.05, 4.69) is 17.3 Å². The molecule has 72 valence electrons. The van der Waals surface area contributed by atoms with E-state index in [0.29, 0.717) is 12.1 Å². The number of ether oxygens (including phenoxy) is 1. The SMILES string of the molecule is CC(NC1COC1)c1cnn(C)c1. The number of rotatable bonds is 3. The van der Waals surface area contributed by atoms with Gasteiger partial charge in [-0.15, -0.1) is 0 Å². The van der Waals surface area contributed by atoms with Crippen molar-refractivity contribution in [1.82, 2.24) is 15.1 Å². The van der Waals surface area contributed by atoms with Gasteiger partial charge in [0.1, 0.15) is 0 Å². The Morgan fingerprint density at radius 1 is 1.69 bits per heavy atom. The van der Waals surface area contributed by atoms with Crippen LogP contribution >= 0.6 is 0 Å². The van der Waals surface area contributed by atoms with E-state index in [9.17, 15) is 0 Å². The highest BCUT2D eigenvalue weighted by atomic mass is 16.5. The van der Waals surface area contributed by atoms with Crippen molar-refractivity contribution in [2.45, 2.75) is 19.0 Å². The van der Waals surface area contributed by atoms with Gasteiger partial charge in [0.15, 0.2) is 0 Å². The fourth-order valence-corrected chi connectivity index (χ4v) is 1.45. The molecule has 1 unspecified atom stereocenters. The summed E-state index contributed by atoms with van der Waals surface area (Å²) in [5.41, 5.74) is 1.23. The van der Waals surface area contributed by atoms with Crippen LogP contribution in [-0.2, 0) is 11.8 Å². The maximum atomic E-state index is 5.09. The number of hydrogen-bond donors (Lipinski definition) is 1. The first-order chi connectivity index (χ1) is 6.25. The smallest absolute Gasteiger partial charge is 0.0643 e. The summed E-state index contributed by atoms with van der Waals surface area (Å²) in [6, 6.07) is 0.887. The molecular formula is C9H15N3O. The summed E-state index contributed by atoms with van der Waals surface area (Å²) in [7, 11) is 1.93. The largest absolute Gasteiger partial charge is 0.378 e. The maximum Gasteiger partial charge on any atom is 0.0643 e. The second-order valence-corrected chi connectivity index (χ2v) is 3.57. The standard InChI is InChI=1S/C9H15N3O/c1-7(11-9-5-13-6-9)8-3-10-12(2)4-8/h3-4,7,9,11H,5-6H2,1-2H3. The summed E-state index contributed by atoms with van der Waals surface area (Å²) in [5.74, 6) is 0. The van der Waals surface area contributed by atoms with Crippen LogP contribution in [0, 0.1) is 0 Å². The Hall–Kier alpha value is -0.870. The predicted octanol–water partition coefficient (Wildman–Crippen LogP) is 0.469. The van der Waals surface area contributed by atoms with E-state index in [1.54, 1.807) is 0 Å². The summed E-state index contributed by atoms with van der Waals surface area (Å²) in [4.78, 5) is 0. The third-order valence-corrected chi connectivity index (χ3v) is 2.35. The lowest BCUT2D eigenvalue weighted by atomic mass is 10.1. The average molecular weight is 181 g/mol. The molecule has 0 spiro atoms. The molecule has 1 saturated heterocycles. The first kappa shape index (κ1) is 8.72. The fraction of sp³-hybridized carbons (Fsp3) is 0.667. The van der Waals surface area contributed by atoms with Gasteiger partial charge in [-0.05, 0) is 6.92 Å². The monoisotopic (exact) mass is 181 g/mol. The molecular weight excluding hydrogens is 166 g/mol. The maximum absolute atomic E-state index is 5.09. The Morgan fingerprint density at radius 3 is 2.92 bits per heavy atom. The van der Waals surface area contributed by atoms with Crippen molar-refractivity contribution >= 4 is 0 Å². The van der Waals surface area contributed by atoms with E-state index in [4.69, 9.17) is 4.74 Å². The van der Waals surface area contributed by atoms with Gasteiger partial charge in [-0.3, -0.25) is 4.68 Å². The molecule has 1 aromatic heterocycles. The van der Waals surface area contributed by atoms with E-state index in [0.717, 1.165) is 13.2 Å². The van der Waals surface area contributed by atoms with Crippen LogP contribution in [0.15, 0.2) is 12.4 Å². The van der Waals surface area contributed by atoms with E-state index in [1.807, 2.05) is 24.1 Å². The molecule has 0 aliphatic carbocycles. The zero-order chi connectivity index (χ0) is 9.26. The molecule has 1 N–H and O–H groups in total. The van der Waals surface area contributed by atoms with Gasteiger partial charge in [0.05, 0.1) is 25.5 Å². The molecule has 0 radical (unpaired) electrons. The van der Waals surface area contributed by atoms with Crippen molar-refractivity contribution in [3.8, 4) is 0 Å². The Balaban J connectivity index is 1.92. The van der Waals surface area contributed by atoms with E-state index < -0.39 is 0 Å². The first-order valence-electron chi connectivity index (χ1n) is 4.58. The van der Waals surface area contributed by atoms with Crippen molar-refractivity contribution in [3.63, 3.8) is 0 Å². The fourth-order valence-electron chi connectivity index (χ4n) is 1.45. The molecule has 1 atom stereocenters. The van der Waals surface area contributed by atoms with Crippen LogP contribution in [0.5, 0.6) is 0 Å².